The second kappa shape index (κ2) is 8.55. The van der Waals surface area contributed by atoms with Crippen LogP contribution in [0.5, 0.6) is 0 Å². The van der Waals surface area contributed by atoms with E-state index in [0.29, 0.717) is 11.5 Å². The van der Waals surface area contributed by atoms with Gasteiger partial charge in [-0.1, -0.05) is 36.4 Å². The number of anilines is 1. The van der Waals surface area contributed by atoms with Crippen molar-refractivity contribution in [2.45, 2.75) is 33.2 Å². The predicted molar refractivity (Wildman–Crippen MR) is 128 cm³/mol. The number of hydrogen-bond acceptors (Lipinski definition) is 5. The molecule has 0 saturated heterocycles. The lowest BCUT2D eigenvalue weighted by atomic mass is 9.99. The Labute approximate surface area is 188 Å². The van der Waals surface area contributed by atoms with E-state index in [1.807, 2.05) is 19.1 Å². The van der Waals surface area contributed by atoms with Crippen LogP contribution in [0.3, 0.4) is 0 Å². The topological polar surface area (TPSA) is 72.9 Å². The Morgan fingerprint density at radius 2 is 1.69 bits per heavy atom. The molecule has 0 radical (unpaired) electrons. The van der Waals surface area contributed by atoms with Gasteiger partial charge >= 0.3 is 0 Å². The summed E-state index contributed by atoms with van der Waals surface area (Å²) in [4.78, 5) is 4.10. The first-order chi connectivity index (χ1) is 15.6. The maximum absolute atomic E-state index is 6.19. The number of rotatable bonds is 5. The van der Waals surface area contributed by atoms with Crippen LogP contribution in [0.2, 0.25) is 0 Å². The van der Waals surface area contributed by atoms with Crippen LogP contribution in [0.25, 0.3) is 17.1 Å². The number of aromatic nitrogens is 4. The van der Waals surface area contributed by atoms with Crippen LogP contribution >= 0.6 is 0 Å². The summed E-state index contributed by atoms with van der Waals surface area (Å²) in [5.41, 5.74) is 15.2. The van der Waals surface area contributed by atoms with E-state index in [9.17, 15) is 0 Å². The molecule has 3 aromatic carbocycles. The minimum atomic E-state index is 0.542. The van der Waals surface area contributed by atoms with E-state index in [1.165, 1.54) is 16.7 Å². The molecule has 2 heterocycles. The molecule has 6 heteroatoms. The number of nitrogen functional groups attached to an aromatic ring is 1. The fraction of sp³-hybridized carbons (Fsp3) is 0.269. The quantitative estimate of drug-likeness (QED) is 0.488. The first kappa shape index (κ1) is 20.4. The van der Waals surface area contributed by atoms with E-state index in [2.05, 4.69) is 75.8 Å². The third-order valence-corrected chi connectivity index (χ3v) is 6.41. The molecular weight excluding hydrogens is 396 g/mol. The van der Waals surface area contributed by atoms with E-state index in [1.54, 1.807) is 4.80 Å². The zero-order valence-electron chi connectivity index (χ0n) is 18.6. The monoisotopic (exact) mass is 424 g/mol. The fourth-order valence-electron chi connectivity index (χ4n) is 4.29. The molecule has 4 aromatic rings. The van der Waals surface area contributed by atoms with Gasteiger partial charge in [-0.05, 0) is 84.0 Å². The maximum Gasteiger partial charge on any atom is 0.207 e. The number of nitrogens with two attached hydrogens (primary N) is 1. The molecule has 1 aliphatic rings. The van der Waals surface area contributed by atoms with Crippen LogP contribution in [0.15, 0.2) is 60.7 Å². The molecular formula is C26H28N6. The molecule has 0 spiro atoms. The number of tetrazole rings is 1. The SMILES string of the molecule is Cc1cc(N)c(-c2nnn(-c3ccc(CCN4CCc5ccccc5C4)cc3)n2)cc1C. The van der Waals surface area contributed by atoms with Crippen LogP contribution in [-0.4, -0.2) is 38.2 Å². The van der Waals surface area contributed by atoms with Crippen LogP contribution in [0, 0.1) is 13.8 Å². The molecule has 1 aliphatic heterocycles. The van der Waals surface area contributed by atoms with Crippen LogP contribution in [0.4, 0.5) is 5.69 Å². The number of nitrogens with zero attached hydrogens (tertiary/aromatic N) is 5. The molecule has 0 aliphatic carbocycles. The van der Waals surface area contributed by atoms with Crippen molar-refractivity contribution in [2.24, 2.45) is 0 Å². The van der Waals surface area contributed by atoms with Crippen molar-refractivity contribution in [1.29, 1.82) is 0 Å². The molecule has 0 atom stereocenters. The zero-order chi connectivity index (χ0) is 22.1. The summed E-state index contributed by atoms with van der Waals surface area (Å²) in [7, 11) is 0. The minimum Gasteiger partial charge on any atom is -0.398 e. The van der Waals surface area contributed by atoms with E-state index in [-0.39, 0.29) is 0 Å². The van der Waals surface area contributed by atoms with Crippen LogP contribution in [-0.2, 0) is 19.4 Å². The highest BCUT2D eigenvalue weighted by atomic mass is 15.6. The van der Waals surface area contributed by atoms with Crippen LogP contribution < -0.4 is 5.73 Å². The van der Waals surface area contributed by atoms with Crippen molar-refractivity contribution < 1.29 is 0 Å². The molecule has 0 unspecified atom stereocenters. The Bertz CT molecular complexity index is 1240. The summed E-state index contributed by atoms with van der Waals surface area (Å²) < 4.78 is 0. The number of fused-ring (bicyclic) bond motifs is 1. The van der Waals surface area contributed by atoms with Gasteiger partial charge in [-0.2, -0.15) is 0 Å². The second-order valence-corrected chi connectivity index (χ2v) is 8.64. The Hall–Kier alpha value is -3.51. The van der Waals surface area contributed by atoms with Gasteiger partial charge in [0.1, 0.15) is 0 Å². The Morgan fingerprint density at radius 1 is 0.938 bits per heavy atom. The predicted octanol–water partition coefficient (Wildman–Crippen LogP) is 4.13. The van der Waals surface area contributed by atoms with Crippen molar-refractivity contribution in [1.82, 2.24) is 25.1 Å². The van der Waals surface area contributed by atoms with Gasteiger partial charge in [-0.15, -0.1) is 15.0 Å². The lowest BCUT2D eigenvalue weighted by molar-refractivity contribution is 0.257. The van der Waals surface area contributed by atoms with Gasteiger partial charge in [0.15, 0.2) is 0 Å². The second-order valence-electron chi connectivity index (χ2n) is 8.64. The molecule has 0 bridgehead atoms. The van der Waals surface area contributed by atoms with Crippen molar-refractivity contribution in [3.05, 3.63) is 88.5 Å². The molecule has 0 amide bonds. The van der Waals surface area contributed by atoms with Gasteiger partial charge in [0.2, 0.25) is 5.82 Å². The average molecular weight is 425 g/mol. The van der Waals surface area contributed by atoms with Crippen molar-refractivity contribution in [2.75, 3.05) is 18.8 Å². The van der Waals surface area contributed by atoms with Gasteiger partial charge < -0.3 is 5.73 Å². The van der Waals surface area contributed by atoms with E-state index in [0.717, 1.165) is 54.9 Å². The van der Waals surface area contributed by atoms with Gasteiger partial charge in [-0.25, -0.2) is 0 Å². The van der Waals surface area contributed by atoms with Crippen LogP contribution in [0.1, 0.15) is 27.8 Å². The van der Waals surface area contributed by atoms with Gasteiger partial charge in [-0.3, -0.25) is 4.90 Å². The number of benzene rings is 3. The highest BCUT2D eigenvalue weighted by Gasteiger charge is 2.15. The molecule has 6 nitrogen and oxygen atoms in total. The highest BCUT2D eigenvalue weighted by Crippen LogP contribution is 2.26. The molecule has 1 aromatic heterocycles. The smallest absolute Gasteiger partial charge is 0.207 e. The Balaban J connectivity index is 1.24. The Morgan fingerprint density at radius 3 is 2.50 bits per heavy atom. The van der Waals surface area contributed by atoms with E-state index >= 15 is 0 Å². The third-order valence-electron chi connectivity index (χ3n) is 6.41. The third kappa shape index (κ3) is 4.14. The summed E-state index contributed by atoms with van der Waals surface area (Å²) in [6.07, 6.45) is 2.16. The average Bonchev–Trinajstić information content (AvgIpc) is 3.30. The molecule has 0 fully saturated rings. The summed E-state index contributed by atoms with van der Waals surface area (Å²) >= 11 is 0. The molecule has 162 valence electrons. The van der Waals surface area contributed by atoms with Crippen molar-refractivity contribution in [3.8, 4) is 17.1 Å². The summed E-state index contributed by atoms with van der Waals surface area (Å²) in [6, 6.07) is 21.2. The van der Waals surface area contributed by atoms with Crippen molar-refractivity contribution >= 4 is 5.69 Å². The first-order valence-electron chi connectivity index (χ1n) is 11.1. The standard InChI is InChI=1S/C26H28N6/c1-18-15-24(25(27)16-19(18)2)26-28-30-32(29-26)23-9-7-20(8-10-23)11-13-31-14-12-21-5-3-4-6-22(21)17-31/h3-10,15-16H,11-14,17,27H2,1-2H3. The lowest BCUT2D eigenvalue weighted by Crippen LogP contribution is -2.32. The van der Waals surface area contributed by atoms with Crippen molar-refractivity contribution in [3.63, 3.8) is 0 Å². The zero-order valence-corrected chi connectivity index (χ0v) is 18.6. The minimum absolute atomic E-state index is 0.542. The fourth-order valence-corrected chi connectivity index (χ4v) is 4.29. The van der Waals surface area contributed by atoms with E-state index < -0.39 is 0 Å². The normalized spacial score (nSPS) is 13.8. The summed E-state index contributed by atoms with van der Waals surface area (Å²) in [6.45, 7) is 7.34. The highest BCUT2D eigenvalue weighted by molar-refractivity contribution is 5.72. The van der Waals surface area contributed by atoms with Gasteiger partial charge in [0, 0.05) is 30.9 Å². The lowest BCUT2D eigenvalue weighted by Gasteiger charge is -2.28. The maximum atomic E-state index is 6.19. The van der Waals surface area contributed by atoms with Gasteiger partial charge in [0.05, 0.1) is 5.69 Å². The first-order valence-corrected chi connectivity index (χ1v) is 11.1. The molecule has 32 heavy (non-hydrogen) atoms. The largest absolute Gasteiger partial charge is 0.398 e. The number of hydrogen-bond donors (Lipinski definition) is 1. The van der Waals surface area contributed by atoms with E-state index in [4.69, 9.17) is 5.73 Å². The number of aryl methyl sites for hydroxylation is 2. The molecule has 2 N–H and O–H groups in total. The summed E-state index contributed by atoms with van der Waals surface area (Å²) in [5, 5.41) is 13.0. The van der Waals surface area contributed by atoms with Gasteiger partial charge in [0.25, 0.3) is 0 Å². The molecule has 0 saturated carbocycles. The summed E-state index contributed by atoms with van der Waals surface area (Å²) in [5.74, 6) is 0.542. The Kier molecular flexibility index (Phi) is 5.45. The molecule has 5 rings (SSSR count).